The first-order chi connectivity index (χ1) is 5.74. The molecule has 1 fully saturated rings. The van der Waals surface area contributed by atoms with E-state index in [2.05, 4.69) is 19.0 Å². The first kappa shape index (κ1) is 17.6. The first-order valence-corrected chi connectivity index (χ1v) is 5.83. The summed E-state index contributed by atoms with van der Waals surface area (Å²) in [6.45, 7) is 3.81. The van der Waals surface area contributed by atoms with Gasteiger partial charge in [0.05, 0.1) is 20.1 Å². The van der Waals surface area contributed by atoms with Crippen molar-refractivity contribution in [2.75, 3.05) is 33.9 Å². The van der Waals surface area contributed by atoms with Crippen LogP contribution in [0.2, 0.25) is 0 Å². The summed E-state index contributed by atoms with van der Waals surface area (Å²) in [6.07, 6.45) is 0. The minimum atomic E-state index is -10.7. The molecule has 0 aromatic rings. The van der Waals surface area contributed by atoms with Gasteiger partial charge in [-0.2, -0.15) is 0 Å². The van der Waals surface area contributed by atoms with Gasteiger partial charge in [-0.25, -0.2) is 0 Å². The van der Waals surface area contributed by atoms with Crippen molar-refractivity contribution in [2.24, 2.45) is 0 Å². The molecule has 1 rings (SSSR count). The Morgan fingerprint density at radius 1 is 1.07 bits per heavy atom. The summed E-state index contributed by atoms with van der Waals surface area (Å²) in [5.74, 6) is 0. The van der Waals surface area contributed by atoms with E-state index in [1.54, 1.807) is 4.90 Å². The molecular formula is C5H13ClF6N2P-. The molecule has 0 radical (unpaired) electrons. The van der Waals surface area contributed by atoms with Crippen molar-refractivity contribution < 1.29 is 42.5 Å². The Bertz CT molecular complexity index is 183. The summed E-state index contributed by atoms with van der Waals surface area (Å²) in [5.41, 5.74) is 0. The number of rotatable bonds is 0. The van der Waals surface area contributed by atoms with E-state index in [0.717, 1.165) is 0 Å². The molecule has 1 heterocycles. The fourth-order valence-corrected chi connectivity index (χ4v) is 1.00. The zero-order valence-corrected chi connectivity index (χ0v) is 9.81. The zero-order valence-electron chi connectivity index (χ0n) is 8.16. The summed E-state index contributed by atoms with van der Waals surface area (Å²) >= 11 is 0. The molecule has 0 aromatic heterocycles. The SMILES string of the molecule is CN1CC[NH+](C)C1.F[P-](F)(F)(F)(F)F.[Cl-]. The Morgan fingerprint density at radius 3 is 1.47 bits per heavy atom. The molecule has 0 aliphatic carbocycles. The monoisotopic (exact) mass is 281 g/mol. The van der Waals surface area contributed by atoms with E-state index in [1.807, 2.05) is 0 Å². The van der Waals surface area contributed by atoms with Crippen LogP contribution >= 0.6 is 7.81 Å². The van der Waals surface area contributed by atoms with Gasteiger partial charge in [0, 0.05) is 0 Å². The molecule has 0 saturated carbocycles. The molecule has 0 spiro atoms. The summed E-state index contributed by atoms with van der Waals surface area (Å²) in [7, 11) is -6.27. The molecule has 1 unspecified atom stereocenters. The quantitative estimate of drug-likeness (QED) is 0.433. The summed E-state index contributed by atoms with van der Waals surface area (Å²) in [4.78, 5) is 3.97. The van der Waals surface area contributed by atoms with Crippen LogP contribution in [0.5, 0.6) is 0 Å². The molecule has 1 atom stereocenters. The molecule has 15 heavy (non-hydrogen) atoms. The van der Waals surface area contributed by atoms with Gasteiger partial charge in [0.1, 0.15) is 6.67 Å². The Morgan fingerprint density at radius 2 is 1.40 bits per heavy atom. The summed E-state index contributed by atoms with van der Waals surface area (Å²) in [5, 5.41) is 0. The molecule has 2 nitrogen and oxygen atoms in total. The molecule has 0 amide bonds. The smallest absolute Gasteiger partial charge is 1.00 e. The Hall–Kier alpha value is 0.220. The van der Waals surface area contributed by atoms with Crippen LogP contribution in [0.3, 0.4) is 0 Å². The van der Waals surface area contributed by atoms with Crippen molar-refractivity contribution in [3.8, 4) is 0 Å². The molecular weight excluding hydrogens is 268 g/mol. The molecule has 0 aromatic carbocycles. The number of nitrogens with one attached hydrogen (secondary N) is 1. The number of likely N-dealkylation sites (N-methyl/N-ethyl adjacent to an activating group) is 2. The molecule has 1 aliphatic rings. The third-order valence-electron chi connectivity index (χ3n) is 1.46. The number of hydrogen-bond donors (Lipinski definition) is 1. The Kier molecular flexibility index (Phi) is 4.97. The van der Waals surface area contributed by atoms with E-state index < -0.39 is 7.81 Å². The second-order valence-electron chi connectivity index (χ2n) is 3.40. The van der Waals surface area contributed by atoms with Crippen LogP contribution in [0.15, 0.2) is 0 Å². The minimum absolute atomic E-state index is 0. The predicted molar refractivity (Wildman–Crippen MR) is 42.8 cm³/mol. The molecule has 1 saturated heterocycles. The fourth-order valence-electron chi connectivity index (χ4n) is 1.00. The topological polar surface area (TPSA) is 7.68 Å². The van der Waals surface area contributed by atoms with Crippen LogP contribution in [-0.4, -0.2) is 38.8 Å². The van der Waals surface area contributed by atoms with Gasteiger partial charge >= 0.3 is 33.0 Å². The van der Waals surface area contributed by atoms with E-state index in [0.29, 0.717) is 0 Å². The first-order valence-electron chi connectivity index (χ1n) is 3.80. The minimum Gasteiger partial charge on any atom is -1.00 e. The van der Waals surface area contributed by atoms with Crippen molar-refractivity contribution in [1.29, 1.82) is 0 Å². The van der Waals surface area contributed by atoms with E-state index in [1.165, 1.54) is 19.8 Å². The van der Waals surface area contributed by atoms with Gasteiger partial charge in [-0.3, -0.25) is 4.90 Å². The van der Waals surface area contributed by atoms with Crippen LogP contribution < -0.4 is 17.3 Å². The van der Waals surface area contributed by atoms with Crippen LogP contribution in [0.1, 0.15) is 0 Å². The van der Waals surface area contributed by atoms with Gasteiger partial charge in [0.2, 0.25) is 0 Å². The molecule has 10 heteroatoms. The predicted octanol–water partition coefficient (Wildman–Crippen LogP) is -1.21. The largest absolute Gasteiger partial charge is 1.00 e. The van der Waals surface area contributed by atoms with Gasteiger partial charge in [-0.05, 0) is 7.05 Å². The van der Waals surface area contributed by atoms with E-state index >= 15 is 0 Å². The van der Waals surface area contributed by atoms with Crippen molar-refractivity contribution >= 4 is 7.81 Å². The number of halogens is 7. The van der Waals surface area contributed by atoms with Gasteiger partial charge in [-0.1, -0.05) is 0 Å². The van der Waals surface area contributed by atoms with Gasteiger partial charge < -0.3 is 17.3 Å². The Balaban J connectivity index is 0. The average molecular weight is 282 g/mol. The van der Waals surface area contributed by atoms with Crippen molar-refractivity contribution in [3.05, 3.63) is 0 Å². The van der Waals surface area contributed by atoms with E-state index in [9.17, 15) is 25.2 Å². The van der Waals surface area contributed by atoms with Crippen molar-refractivity contribution in [1.82, 2.24) is 4.90 Å². The number of quaternary nitrogens is 1. The normalized spacial score (nSPS) is 26.8. The maximum Gasteiger partial charge on any atom is -1.00 e. The fraction of sp³-hybridized carbons (Fsp3) is 1.00. The van der Waals surface area contributed by atoms with Gasteiger partial charge in [-0.15, -0.1) is 0 Å². The van der Waals surface area contributed by atoms with E-state index in [-0.39, 0.29) is 12.4 Å². The van der Waals surface area contributed by atoms with Crippen molar-refractivity contribution in [2.45, 2.75) is 0 Å². The summed E-state index contributed by atoms with van der Waals surface area (Å²) in [6, 6.07) is 0. The second kappa shape index (κ2) is 4.24. The van der Waals surface area contributed by atoms with Gasteiger partial charge in [0.25, 0.3) is 0 Å². The standard InChI is InChI=1S/C5H12N2.ClH.F6P/c1-6-3-4-7(2)5-6;;1-7(2,3,4,5)6/h3-5H2,1-2H3;1H;/q;;-1. The molecule has 1 N–H and O–H groups in total. The van der Waals surface area contributed by atoms with Crippen LogP contribution in [0.25, 0.3) is 0 Å². The maximum absolute atomic E-state index is 10.7. The molecule has 1 aliphatic heterocycles. The number of nitrogens with zero attached hydrogens (tertiary/aromatic N) is 1. The van der Waals surface area contributed by atoms with Crippen LogP contribution in [-0.2, 0) is 0 Å². The average Bonchev–Trinajstić information content (AvgIpc) is 2.04. The van der Waals surface area contributed by atoms with E-state index in [4.69, 9.17) is 0 Å². The zero-order chi connectivity index (χ0) is 11.7. The summed E-state index contributed by atoms with van der Waals surface area (Å²) < 4.78 is 59.2. The van der Waals surface area contributed by atoms with Crippen LogP contribution in [0.4, 0.5) is 25.2 Å². The molecule has 98 valence electrons. The maximum atomic E-state index is 9.87. The van der Waals surface area contributed by atoms with Crippen LogP contribution in [0, 0.1) is 0 Å². The second-order valence-corrected chi connectivity index (χ2v) is 5.32. The van der Waals surface area contributed by atoms with Gasteiger partial charge in [0.15, 0.2) is 0 Å². The Labute approximate surface area is 89.9 Å². The third-order valence-corrected chi connectivity index (χ3v) is 1.46. The molecule has 0 bridgehead atoms. The van der Waals surface area contributed by atoms with Crippen molar-refractivity contribution in [3.63, 3.8) is 0 Å². The third kappa shape index (κ3) is 25.0. The number of hydrogen-bond acceptors (Lipinski definition) is 1.